The first-order chi connectivity index (χ1) is 7.24. The molecule has 0 spiro atoms. The molecule has 0 bridgehead atoms. The summed E-state index contributed by atoms with van der Waals surface area (Å²) >= 11 is 2.00. The van der Waals surface area contributed by atoms with Crippen LogP contribution in [0.25, 0.3) is 0 Å². The van der Waals surface area contributed by atoms with E-state index in [-0.39, 0.29) is 0 Å². The zero-order valence-corrected chi connectivity index (χ0v) is 10.6. The van der Waals surface area contributed by atoms with Crippen LogP contribution in [0.4, 0.5) is 0 Å². The molecule has 0 aromatic carbocycles. The number of rotatable bonds is 6. The Kier molecular flexibility index (Phi) is 5.73. The van der Waals surface area contributed by atoms with Crippen LogP contribution in [-0.4, -0.2) is 23.5 Å². The van der Waals surface area contributed by atoms with Gasteiger partial charge < -0.3 is 5.32 Å². The van der Waals surface area contributed by atoms with E-state index < -0.39 is 0 Å². The van der Waals surface area contributed by atoms with Crippen LogP contribution in [0.5, 0.6) is 0 Å². The van der Waals surface area contributed by atoms with Crippen molar-refractivity contribution in [2.24, 2.45) is 5.92 Å². The Labute approximate surface area is 96.9 Å². The number of hydrogen-bond donors (Lipinski definition) is 1. The van der Waals surface area contributed by atoms with E-state index in [0.717, 1.165) is 11.7 Å². The van der Waals surface area contributed by atoms with Crippen LogP contribution >= 0.6 is 11.8 Å². The van der Waals surface area contributed by atoms with Gasteiger partial charge in [-0.05, 0) is 30.3 Å². The molecule has 0 aliphatic rings. The van der Waals surface area contributed by atoms with Gasteiger partial charge >= 0.3 is 0 Å². The summed E-state index contributed by atoms with van der Waals surface area (Å²) in [6.07, 6.45) is 3.76. The van der Waals surface area contributed by atoms with E-state index in [1.807, 2.05) is 37.3 Å². The molecular formula is C12H20N2S. The van der Waals surface area contributed by atoms with E-state index in [9.17, 15) is 0 Å². The maximum absolute atomic E-state index is 4.15. The minimum atomic E-state index is 0.419. The summed E-state index contributed by atoms with van der Waals surface area (Å²) in [7, 11) is 2.01. The van der Waals surface area contributed by atoms with Crippen molar-refractivity contribution in [3.05, 3.63) is 30.1 Å². The average Bonchev–Trinajstić information content (AvgIpc) is 2.25. The van der Waals surface area contributed by atoms with Crippen molar-refractivity contribution in [2.75, 3.05) is 18.6 Å². The minimum Gasteiger partial charge on any atom is -0.312 e. The van der Waals surface area contributed by atoms with E-state index in [4.69, 9.17) is 0 Å². The van der Waals surface area contributed by atoms with Gasteiger partial charge in [0.25, 0.3) is 0 Å². The van der Waals surface area contributed by atoms with Crippen molar-refractivity contribution >= 4 is 11.8 Å². The molecule has 15 heavy (non-hydrogen) atoms. The van der Waals surface area contributed by atoms with Gasteiger partial charge in [0.05, 0.1) is 0 Å². The van der Waals surface area contributed by atoms with Crippen molar-refractivity contribution in [1.29, 1.82) is 0 Å². The van der Waals surface area contributed by atoms with Gasteiger partial charge in [0.15, 0.2) is 0 Å². The highest BCUT2D eigenvalue weighted by Crippen LogP contribution is 2.18. The highest BCUT2D eigenvalue weighted by molar-refractivity contribution is 7.99. The molecule has 1 aromatic rings. The normalized spacial score (nSPS) is 13.1. The summed E-state index contributed by atoms with van der Waals surface area (Å²) in [5, 5.41) is 3.33. The fourth-order valence-electron chi connectivity index (χ4n) is 1.35. The molecule has 1 heterocycles. The number of nitrogens with zero attached hydrogens (tertiary/aromatic N) is 1. The molecule has 0 saturated heterocycles. The van der Waals surface area contributed by atoms with Crippen molar-refractivity contribution < 1.29 is 0 Å². The van der Waals surface area contributed by atoms with Crippen LogP contribution in [-0.2, 0) is 0 Å². The van der Waals surface area contributed by atoms with E-state index >= 15 is 0 Å². The molecule has 0 aliphatic heterocycles. The highest BCUT2D eigenvalue weighted by Gasteiger charge is 2.08. The molecule has 1 N–H and O–H groups in total. The van der Waals surface area contributed by atoms with E-state index in [2.05, 4.69) is 30.2 Å². The molecule has 2 nitrogen and oxygen atoms in total. The van der Waals surface area contributed by atoms with Crippen molar-refractivity contribution in [1.82, 2.24) is 10.3 Å². The van der Waals surface area contributed by atoms with Gasteiger partial charge in [-0.1, -0.05) is 19.9 Å². The lowest BCUT2D eigenvalue weighted by Gasteiger charge is -2.16. The van der Waals surface area contributed by atoms with Gasteiger partial charge in [0.2, 0.25) is 0 Å². The first-order valence-electron chi connectivity index (χ1n) is 5.39. The lowest BCUT2D eigenvalue weighted by Crippen LogP contribution is -2.19. The summed E-state index contributed by atoms with van der Waals surface area (Å²) in [5.74, 6) is 3.10. The minimum absolute atomic E-state index is 0.419. The Morgan fingerprint density at radius 3 is 2.73 bits per heavy atom. The summed E-state index contributed by atoms with van der Waals surface area (Å²) in [5.41, 5.74) is 1.27. The van der Waals surface area contributed by atoms with Crippen molar-refractivity contribution in [3.8, 4) is 0 Å². The summed E-state index contributed by atoms with van der Waals surface area (Å²) in [6, 6.07) is 4.54. The second kappa shape index (κ2) is 6.85. The Morgan fingerprint density at radius 2 is 2.20 bits per heavy atom. The van der Waals surface area contributed by atoms with Gasteiger partial charge in [0.1, 0.15) is 0 Å². The third-order valence-electron chi connectivity index (χ3n) is 2.17. The SMILES string of the molecule is CNC(CSCC(C)C)c1cccnc1. The molecule has 0 radical (unpaired) electrons. The van der Waals surface area contributed by atoms with Crippen LogP contribution in [0, 0.1) is 5.92 Å². The number of thioether (sulfide) groups is 1. The Hall–Kier alpha value is -0.540. The van der Waals surface area contributed by atoms with Gasteiger partial charge in [-0.2, -0.15) is 11.8 Å². The maximum atomic E-state index is 4.15. The quantitative estimate of drug-likeness (QED) is 0.804. The summed E-state index contributed by atoms with van der Waals surface area (Å²) < 4.78 is 0. The highest BCUT2D eigenvalue weighted by atomic mass is 32.2. The maximum Gasteiger partial charge on any atom is 0.0424 e. The first-order valence-corrected chi connectivity index (χ1v) is 6.54. The van der Waals surface area contributed by atoms with E-state index in [1.54, 1.807) is 0 Å². The zero-order valence-electron chi connectivity index (χ0n) is 9.73. The number of pyridine rings is 1. The van der Waals surface area contributed by atoms with Gasteiger partial charge in [-0.25, -0.2) is 0 Å². The second-order valence-electron chi connectivity index (χ2n) is 4.06. The Bertz CT molecular complexity index is 262. The molecule has 0 saturated carbocycles. The molecule has 0 fully saturated rings. The van der Waals surface area contributed by atoms with E-state index in [1.165, 1.54) is 11.3 Å². The molecule has 0 aliphatic carbocycles. The molecule has 1 atom stereocenters. The van der Waals surface area contributed by atoms with Crippen LogP contribution in [0.2, 0.25) is 0 Å². The van der Waals surface area contributed by atoms with Gasteiger partial charge in [-0.15, -0.1) is 0 Å². The largest absolute Gasteiger partial charge is 0.312 e. The standard InChI is InChI=1S/C12H20N2S/c1-10(2)8-15-9-12(13-3)11-5-4-6-14-7-11/h4-7,10,12-13H,8-9H2,1-3H3. The van der Waals surface area contributed by atoms with Gasteiger partial charge in [-0.3, -0.25) is 4.98 Å². The summed E-state index contributed by atoms with van der Waals surface area (Å²) in [6.45, 7) is 4.51. The molecule has 1 rings (SSSR count). The van der Waals surface area contributed by atoms with Crippen LogP contribution in [0.1, 0.15) is 25.5 Å². The molecule has 0 amide bonds. The Balaban J connectivity index is 2.43. The van der Waals surface area contributed by atoms with E-state index in [0.29, 0.717) is 6.04 Å². The van der Waals surface area contributed by atoms with Crippen molar-refractivity contribution in [3.63, 3.8) is 0 Å². The van der Waals surface area contributed by atoms with Crippen LogP contribution < -0.4 is 5.32 Å². The zero-order chi connectivity index (χ0) is 11.1. The third-order valence-corrected chi connectivity index (χ3v) is 3.64. The fourth-order valence-corrected chi connectivity index (χ4v) is 2.55. The fraction of sp³-hybridized carbons (Fsp3) is 0.583. The molecule has 1 unspecified atom stereocenters. The molecule has 1 aromatic heterocycles. The monoisotopic (exact) mass is 224 g/mol. The van der Waals surface area contributed by atoms with Crippen molar-refractivity contribution in [2.45, 2.75) is 19.9 Å². The number of nitrogens with one attached hydrogen (secondary N) is 1. The van der Waals surface area contributed by atoms with Crippen LogP contribution in [0.3, 0.4) is 0 Å². The molecule has 3 heteroatoms. The summed E-state index contributed by atoms with van der Waals surface area (Å²) in [4.78, 5) is 4.15. The first kappa shape index (κ1) is 12.5. The average molecular weight is 224 g/mol. The number of hydrogen-bond acceptors (Lipinski definition) is 3. The molecular weight excluding hydrogens is 204 g/mol. The predicted molar refractivity (Wildman–Crippen MR) is 68.2 cm³/mol. The topological polar surface area (TPSA) is 24.9 Å². The lowest BCUT2D eigenvalue weighted by atomic mass is 10.1. The van der Waals surface area contributed by atoms with Crippen LogP contribution in [0.15, 0.2) is 24.5 Å². The van der Waals surface area contributed by atoms with Gasteiger partial charge in [0, 0.05) is 24.2 Å². The third kappa shape index (κ3) is 4.67. The predicted octanol–water partition coefficient (Wildman–Crippen LogP) is 2.73. The smallest absolute Gasteiger partial charge is 0.0424 e. The lowest BCUT2D eigenvalue weighted by molar-refractivity contribution is 0.656. The second-order valence-corrected chi connectivity index (χ2v) is 5.13. The number of aromatic nitrogens is 1. The molecule has 84 valence electrons. The Morgan fingerprint density at radius 1 is 1.40 bits per heavy atom.